The van der Waals surface area contributed by atoms with Gasteiger partial charge in [-0.1, -0.05) is 12.2 Å². The fourth-order valence-electron chi connectivity index (χ4n) is 3.70. The van der Waals surface area contributed by atoms with E-state index in [0.717, 1.165) is 51.2 Å². The number of hydrogen-bond acceptors (Lipinski definition) is 3. The molecule has 1 heterocycles. The topological polar surface area (TPSA) is 40.5 Å². The Morgan fingerprint density at radius 1 is 1.24 bits per heavy atom. The van der Waals surface area contributed by atoms with Gasteiger partial charge in [-0.05, 0) is 55.5 Å². The monoisotopic (exact) mass is 339 g/mol. The molecule has 3 rings (SSSR count). The van der Waals surface area contributed by atoms with Crippen LogP contribution in [0.4, 0.5) is 0 Å². The van der Waals surface area contributed by atoms with E-state index in [0.29, 0.717) is 6.42 Å². The predicted molar refractivity (Wildman–Crippen MR) is 101 cm³/mol. The molecule has 1 aromatic heterocycles. The molecule has 0 aliphatic heterocycles. The summed E-state index contributed by atoms with van der Waals surface area (Å²) in [6.07, 6.45) is 1.36. The van der Waals surface area contributed by atoms with Crippen LogP contribution in [0.25, 0.3) is 16.5 Å². The van der Waals surface area contributed by atoms with Crippen molar-refractivity contribution in [2.45, 2.75) is 26.7 Å². The molecule has 132 valence electrons. The second kappa shape index (κ2) is 6.43. The van der Waals surface area contributed by atoms with Crippen molar-refractivity contribution in [1.29, 1.82) is 0 Å². The largest absolute Gasteiger partial charge is 0.497 e. The number of ketones is 1. The summed E-state index contributed by atoms with van der Waals surface area (Å²) >= 11 is 0. The number of aryl methyl sites for hydroxylation is 1. The van der Waals surface area contributed by atoms with Gasteiger partial charge in [-0.3, -0.25) is 4.79 Å². The van der Waals surface area contributed by atoms with E-state index in [-0.39, 0.29) is 11.7 Å². The molecule has 1 aliphatic rings. The quantitative estimate of drug-likeness (QED) is 0.769. The number of Topliss-reactive ketones (excluding diaryl/α,β-unsaturated/α-hetero) is 1. The first-order valence-corrected chi connectivity index (χ1v) is 8.48. The number of hydrogen-bond donors (Lipinski definition) is 0. The minimum atomic E-state index is 0.184. The molecule has 0 bridgehead atoms. The lowest BCUT2D eigenvalue weighted by Gasteiger charge is -2.26. The van der Waals surface area contributed by atoms with E-state index in [4.69, 9.17) is 9.47 Å². The minimum absolute atomic E-state index is 0.184. The van der Waals surface area contributed by atoms with Crippen molar-refractivity contribution < 1.29 is 14.3 Å². The van der Waals surface area contributed by atoms with Crippen LogP contribution < -0.4 is 9.47 Å². The fraction of sp³-hybridized carbons (Fsp3) is 0.381. The third kappa shape index (κ3) is 2.76. The maximum atomic E-state index is 12.6. The number of aromatic nitrogens is 1. The van der Waals surface area contributed by atoms with Gasteiger partial charge in [-0.15, -0.1) is 0 Å². The van der Waals surface area contributed by atoms with E-state index in [9.17, 15) is 4.79 Å². The second-order valence-corrected chi connectivity index (χ2v) is 6.80. The van der Waals surface area contributed by atoms with Crippen LogP contribution in [0.5, 0.6) is 11.5 Å². The third-order valence-corrected chi connectivity index (χ3v) is 5.30. The average molecular weight is 339 g/mol. The molecule has 1 atom stereocenters. The highest BCUT2D eigenvalue weighted by molar-refractivity contribution is 6.06. The molecule has 0 spiro atoms. The van der Waals surface area contributed by atoms with E-state index in [1.165, 1.54) is 0 Å². The molecule has 25 heavy (non-hydrogen) atoms. The number of carbonyl (C=O) groups excluding carboxylic acids is 1. The van der Waals surface area contributed by atoms with Gasteiger partial charge in [0, 0.05) is 18.9 Å². The van der Waals surface area contributed by atoms with Gasteiger partial charge in [-0.2, -0.15) is 0 Å². The number of carbonyl (C=O) groups is 1. The second-order valence-electron chi connectivity index (χ2n) is 6.80. The average Bonchev–Trinajstić information content (AvgIpc) is 2.88. The number of fused-ring (bicyclic) bond motifs is 1. The maximum Gasteiger partial charge on any atom is 0.159 e. The van der Waals surface area contributed by atoms with Crippen LogP contribution in [0.1, 0.15) is 32.4 Å². The third-order valence-electron chi connectivity index (χ3n) is 5.30. The number of benzene rings is 1. The molecule has 4 nitrogen and oxygen atoms in total. The first kappa shape index (κ1) is 17.3. The summed E-state index contributed by atoms with van der Waals surface area (Å²) in [7, 11) is 5.34. The number of rotatable bonds is 4. The first-order valence-electron chi connectivity index (χ1n) is 8.48. The van der Waals surface area contributed by atoms with Crippen LogP contribution in [0.3, 0.4) is 0 Å². The zero-order valence-corrected chi connectivity index (χ0v) is 15.6. The van der Waals surface area contributed by atoms with Gasteiger partial charge < -0.3 is 14.0 Å². The van der Waals surface area contributed by atoms with Crippen LogP contribution >= 0.6 is 0 Å². The SMILES string of the molecule is C=C(C)C1CC(=O)C(C)=C(c2c(OC)c3cc(OC)ccc3n2C)C1. The highest BCUT2D eigenvalue weighted by atomic mass is 16.5. The summed E-state index contributed by atoms with van der Waals surface area (Å²) in [4.78, 5) is 12.6. The van der Waals surface area contributed by atoms with Crippen molar-refractivity contribution in [2.75, 3.05) is 14.2 Å². The number of allylic oxidation sites excluding steroid dienone is 3. The smallest absolute Gasteiger partial charge is 0.159 e. The summed E-state index contributed by atoms with van der Waals surface area (Å²) in [6.45, 7) is 7.99. The van der Waals surface area contributed by atoms with E-state index in [1.54, 1.807) is 14.2 Å². The van der Waals surface area contributed by atoms with E-state index < -0.39 is 0 Å². The van der Waals surface area contributed by atoms with E-state index in [1.807, 2.05) is 39.1 Å². The summed E-state index contributed by atoms with van der Waals surface area (Å²) in [5.41, 5.74) is 4.96. The predicted octanol–water partition coefficient (Wildman–Crippen LogP) is 4.52. The van der Waals surface area contributed by atoms with Gasteiger partial charge in [0.15, 0.2) is 11.5 Å². The van der Waals surface area contributed by atoms with E-state index in [2.05, 4.69) is 11.1 Å². The molecule has 0 radical (unpaired) electrons. The van der Waals surface area contributed by atoms with Crippen molar-refractivity contribution in [2.24, 2.45) is 13.0 Å². The lowest BCUT2D eigenvalue weighted by atomic mass is 9.79. The normalized spacial score (nSPS) is 18.0. The molecule has 1 aliphatic carbocycles. The summed E-state index contributed by atoms with van der Waals surface area (Å²) in [6, 6.07) is 5.95. The highest BCUT2D eigenvalue weighted by Crippen LogP contribution is 2.44. The minimum Gasteiger partial charge on any atom is -0.497 e. The van der Waals surface area contributed by atoms with E-state index >= 15 is 0 Å². The molecule has 4 heteroatoms. The number of ether oxygens (including phenoxy) is 2. The van der Waals surface area contributed by atoms with Gasteiger partial charge >= 0.3 is 0 Å². The summed E-state index contributed by atoms with van der Waals surface area (Å²) < 4.78 is 13.2. The van der Waals surface area contributed by atoms with Gasteiger partial charge in [0.25, 0.3) is 0 Å². The zero-order chi connectivity index (χ0) is 18.3. The number of methoxy groups -OCH3 is 2. The molecule has 0 saturated heterocycles. The Hall–Kier alpha value is -2.49. The van der Waals surface area contributed by atoms with Crippen molar-refractivity contribution in [3.63, 3.8) is 0 Å². The van der Waals surface area contributed by atoms with Crippen LogP contribution in [0, 0.1) is 5.92 Å². The highest BCUT2D eigenvalue weighted by Gasteiger charge is 2.30. The molecule has 1 aromatic carbocycles. The number of nitrogens with zero attached hydrogens (tertiary/aromatic N) is 1. The van der Waals surface area contributed by atoms with Crippen molar-refractivity contribution in [3.8, 4) is 11.5 Å². The van der Waals surface area contributed by atoms with Crippen LogP contribution in [-0.2, 0) is 11.8 Å². The van der Waals surface area contributed by atoms with Crippen molar-refractivity contribution in [1.82, 2.24) is 4.57 Å². The molecule has 0 saturated carbocycles. The standard InChI is InChI=1S/C21H25NO3/c1-12(2)14-9-16(13(3)19(23)10-14)20-21(25-6)17-11-15(24-5)7-8-18(17)22(20)4/h7-8,11,14H,1,9-10H2,2-6H3. The van der Waals surface area contributed by atoms with Crippen LogP contribution in [0.2, 0.25) is 0 Å². The lowest BCUT2D eigenvalue weighted by Crippen LogP contribution is -2.19. The van der Waals surface area contributed by atoms with Gasteiger partial charge in [0.2, 0.25) is 0 Å². The summed E-state index contributed by atoms with van der Waals surface area (Å²) in [5, 5.41) is 0.990. The first-order chi connectivity index (χ1) is 11.9. The molecule has 0 N–H and O–H groups in total. The Bertz CT molecular complexity index is 901. The fourth-order valence-corrected chi connectivity index (χ4v) is 3.70. The van der Waals surface area contributed by atoms with Gasteiger partial charge in [0.1, 0.15) is 5.75 Å². The zero-order valence-electron chi connectivity index (χ0n) is 15.6. The van der Waals surface area contributed by atoms with Crippen molar-refractivity contribution >= 4 is 22.3 Å². The summed E-state index contributed by atoms with van der Waals surface area (Å²) in [5.74, 6) is 1.96. The molecule has 0 amide bonds. The molecule has 0 fully saturated rings. The van der Waals surface area contributed by atoms with Crippen LogP contribution in [0.15, 0.2) is 35.9 Å². The van der Waals surface area contributed by atoms with Gasteiger partial charge in [0.05, 0.1) is 25.4 Å². The molecule has 1 unspecified atom stereocenters. The maximum absolute atomic E-state index is 12.6. The Kier molecular flexibility index (Phi) is 4.46. The Labute approximate surface area is 148 Å². The van der Waals surface area contributed by atoms with Crippen molar-refractivity contribution in [3.05, 3.63) is 41.6 Å². The molecular weight excluding hydrogens is 314 g/mol. The Morgan fingerprint density at radius 2 is 1.96 bits per heavy atom. The molecular formula is C21H25NO3. The lowest BCUT2D eigenvalue weighted by molar-refractivity contribution is -0.116. The van der Waals surface area contributed by atoms with Gasteiger partial charge in [-0.25, -0.2) is 0 Å². The Morgan fingerprint density at radius 3 is 2.56 bits per heavy atom. The molecule has 2 aromatic rings. The Balaban J connectivity index is 2.27. The van der Waals surface area contributed by atoms with Crippen LogP contribution in [-0.4, -0.2) is 24.6 Å².